The van der Waals surface area contributed by atoms with Crippen molar-refractivity contribution in [2.45, 2.75) is 63.2 Å². The number of sulfone groups is 1. The minimum atomic E-state index is -3.18. The third-order valence-electron chi connectivity index (χ3n) is 7.76. The van der Waals surface area contributed by atoms with Crippen LogP contribution in [0.4, 0.5) is 5.95 Å². The van der Waals surface area contributed by atoms with Gasteiger partial charge in [0.1, 0.15) is 5.52 Å². The molecule has 2 aromatic carbocycles. The monoisotopic (exact) mass is 531 g/mol. The highest BCUT2D eigenvalue weighted by atomic mass is 32.2. The quantitative estimate of drug-likeness (QED) is 0.345. The number of rotatable bonds is 5. The molecule has 0 bridgehead atoms. The number of hydrogen-bond donors (Lipinski definition) is 0. The summed E-state index contributed by atoms with van der Waals surface area (Å²) in [5.41, 5.74) is 7.84. The van der Waals surface area contributed by atoms with E-state index in [0.717, 1.165) is 55.2 Å². The van der Waals surface area contributed by atoms with E-state index < -0.39 is 9.84 Å². The smallest absolute Gasteiger partial charge is 0.227 e. The average molecular weight is 532 g/mol. The Hall–Kier alpha value is -3.26. The van der Waals surface area contributed by atoms with Crippen LogP contribution in [0.3, 0.4) is 0 Å². The summed E-state index contributed by atoms with van der Waals surface area (Å²) in [5, 5.41) is 0. The van der Waals surface area contributed by atoms with Gasteiger partial charge in [0.05, 0.1) is 16.9 Å². The van der Waals surface area contributed by atoms with Gasteiger partial charge >= 0.3 is 0 Å². The molecule has 7 nitrogen and oxygen atoms in total. The maximum Gasteiger partial charge on any atom is 0.227 e. The zero-order chi connectivity index (χ0) is 27.2. The normalized spacial score (nSPS) is 15.4. The SMILES string of the molecule is Cc1ccc(C(C)(C)C)cc1Cc1nc(N2CCC(c3ccc(S(C)(=O)=O)cc3)CC2)nc2ncn(C)c12. The highest BCUT2D eigenvalue weighted by Gasteiger charge is 2.25. The highest BCUT2D eigenvalue weighted by Crippen LogP contribution is 2.32. The number of imidazole rings is 1. The van der Waals surface area contributed by atoms with Crippen LogP contribution in [0.2, 0.25) is 0 Å². The molecule has 1 aliphatic rings. The lowest BCUT2D eigenvalue weighted by Crippen LogP contribution is -2.34. The van der Waals surface area contributed by atoms with Gasteiger partial charge in [-0.25, -0.2) is 18.4 Å². The molecule has 5 rings (SSSR count). The van der Waals surface area contributed by atoms with Gasteiger partial charge in [0.25, 0.3) is 0 Å². The molecule has 4 aromatic rings. The van der Waals surface area contributed by atoms with Crippen LogP contribution >= 0.6 is 0 Å². The average Bonchev–Trinajstić information content (AvgIpc) is 3.25. The Morgan fingerprint density at radius 1 is 1.00 bits per heavy atom. The number of hydrogen-bond acceptors (Lipinski definition) is 6. The van der Waals surface area contributed by atoms with E-state index in [2.05, 4.69) is 55.8 Å². The largest absolute Gasteiger partial charge is 0.341 e. The summed E-state index contributed by atoms with van der Waals surface area (Å²) in [4.78, 5) is 17.2. The summed E-state index contributed by atoms with van der Waals surface area (Å²) in [6, 6.07) is 14.1. The van der Waals surface area contributed by atoms with Crippen molar-refractivity contribution in [1.29, 1.82) is 0 Å². The molecule has 0 saturated carbocycles. The number of piperidine rings is 1. The molecule has 0 amide bonds. The lowest BCUT2D eigenvalue weighted by molar-refractivity contribution is 0.499. The molecule has 38 heavy (non-hydrogen) atoms. The molecular formula is C30H37N5O2S. The molecule has 200 valence electrons. The lowest BCUT2D eigenvalue weighted by atomic mass is 9.84. The topological polar surface area (TPSA) is 81.0 Å². The van der Waals surface area contributed by atoms with Gasteiger partial charge in [-0.15, -0.1) is 0 Å². The molecule has 0 atom stereocenters. The van der Waals surface area contributed by atoms with Crippen LogP contribution in [0.25, 0.3) is 11.2 Å². The van der Waals surface area contributed by atoms with Gasteiger partial charge in [0.15, 0.2) is 15.5 Å². The first-order valence-electron chi connectivity index (χ1n) is 13.2. The fourth-order valence-electron chi connectivity index (χ4n) is 5.30. The van der Waals surface area contributed by atoms with Crippen LogP contribution in [0.1, 0.15) is 67.5 Å². The molecule has 8 heteroatoms. The predicted octanol–water partition coefficient (Wildman–Crippen LogP) is 5.35. The summed E-state index contributed by atoms with van der Waals surface area (Å²) in [5.74, 6) is 1.13. The standard InChI is InChI=1S/C30H37N5O2S/c1-20-7-10-24(30(2,3)4)17-23(20)18-26-27-28(31-19-34(27)5)33-29(32-26)35-15-13-22(14-16-35)21-8-11-25(12-9-21)38(6,36)37/h7-12,17,19,22H,13-16,18H2,1-6H3. The molecule has 1 fully saturated rings. The summed E-state index contributed by atoms with van der Waals surface area (Å²) < 4.78 is 25.6. The van der Waals surface area contributed by atoms with Crippen molar-refractivity contribution in [2.75, 3.05) is 24.2 Å². The number of aryl methyl sites for hydroxylation is 2. The Bertz CT molecular complexity index is 1580. The minimum absolute atomic E-state index is 0.0800. The third kappa shape index (κ3) is 5.32. The van der Waals surface area contributed by atoms with E-state index in [1.165, 1.54) is 28.5 Å². The number of nitrogens with zero attached hydrogens (tertiary/aromatic N) is 5. The molecule has 3 heterocycles. The van der Waals surface area contributed by atoms with E-state index in [0.29, 0.717) is 10.8 Å². The second kappa shape index (κ2) is 9.80. The second-order valence-electron chi connectivity index (χ2n) is 11.7. The minimum Gasteiger partial charge on any atom is -0.341 e. The van der Waals surface area contributed by atoms with Crippen LogP contribution in [0.5, 0.6) is 0 Å². The van der Waals surface area contributed by atoms with Crippen molar-refractivity contribution in [3.8, 4) is 0 Å². The highest BCUT2D eigenvalue weighted by molar-refractivity contribution is 7.90. The zero-order valence-electron chi connectivity index (χ0n) is 23.2. The van der Waals surface area contributed by atoms with Gasteiger partial charge in [0.2, 0.25) is 5.95 Å². The number of fused-ring (bicyclic) bond motifs is 1. The van der Waals surface area contributed by atoms with Crippen molar-refractivity contribution in [1.82, 2.24) is 19.5 Å². The molecule has 0 radical (unpaired) electrons. The Kier molecular flexibility index (Phi) is 6.80. The van der Waals surface area contributed by atoms with Crippen molar-refractivity contribution < 1.29 is 8.42 Å². The van der Waals surface area contributed by atoms with Gasteiger partial charge in [-0.05, 0) is 65.5 Å². The van der Waals surface area contributed by atoms with Crippen molar-refractivity contribution >= 4 is 26.9 Å². The summed E-state index contributed by atoms with van der Waals surface area (Å²) >= 11 is 0. The fraction of sp³-hybridized carbons (Fsp3) is 0.433. The maximum absolute atomic E-state index is 11.8. The van der Waals surface area contributed by atoms with Crippen molar-refractivity contribution in [3.63, 3.8) is 0 Å². The zero-order valence-corrected chi connectivity index (χ0v) is 24.0. The molecule has 2 aromatic heterocycles. The molecule has 0 aliphatic carbocycles. The Labute approximate surface area is 225 Å². The van der Waals surface area contributed by atoms with Gasteiger partial charge in [-0.3, -0.25) is 0 Å². The predicted molar refractivity (Wildman–Crippen MR) is 153 cm³/mol. The number of anilines is 1. The van der Waals surface area contributed by atoms with E-state index in [4.69, 9.17) is 9.97 Å². The van der Waals surface area contributed by atoms with E-state index in [9.17, 15) is 8.42 Å². The van der Waals surface area contributed by atoms with Crippen LogP contribution < -0.4 is 4.90 Å². The van der Waals surface area contributed by atoms with Gasteiger partial charge < -0.3 is 9.47 Å². The first kappa shape index (κ1) is 26.4. The van der Waals surface area contributed by atoms with Crippen molar-refractivity contribution in [3.05, 3.63) is 76.7 Å². The molecule has 0 spiro atoms. The molecule has 1 saturated heterocycles. The van der Waals surface area contributed by atoms with Gasteiger partial charge in [-0.1, -0.05) is 51.1 Å². The van der Waals surface area contributed by atoms with Gasteiger partial charge in [0, 0.05) is 32.8 Å². The molecule has 0 N–H and O–H groups in total. The Morgan fingerprint density at radius 2 is 1.68 bits per heavy atom. The van der Waals surface area contributed by atoms with Crippen LogP contribution in [0.15, 0.2) is 53.7 Å². The summed E-state index contributed by atoms with van der Waals surface area (Å²) in [6.45, 7) is 10.6. The summed E-state index contributed by atoms with van der Waals surface area (Å²) in [6.07, 6.45) is 5.71. The molecule has 1 aliphatic heterocycles. The Morgan fingerprint density at radius 3 is 2.32 bits per heavy atom. The van der Waals surface area contributed by atoms with Crippen LogP contribution in [-0.4, -0.2) is 47.3 Å². The summed E-state index contributed by atoms with van der Waals surface area (Å²) in [7, 11) is -1.18. The van der Waals surface area contributed by atoms with E-state index in [-0.39, 0.29) is 5.41 Å². The Balaban J connectivity index is 1.40. The number of benzene rings is 2. The third-order valence-corrected chi connectivity index (χ3v) is 8.89. The molecular weight excluding hydrogens is 494 g/mol. The van der Waals surface area contributed by atoms with Crippen LogP contribution in [-0.2, 0) is 28.7 Å². The molecule has 0 unspecified atom stereocenters. The lowest BCUT2D eigenvalue weighted by Gasteiger charge is -2.32. The van der Waals surface area contributed by atoms with E-state index in [1.54, 1.807) is 12.1 Å². The first-order valence-corrected chi connectivity index (χ1v) is 15.1. The fourth-order valence-corrected chi connectivity index (χ4v) is 5.93. The maximum atomic E-state index is 11.8. The van der Waals surface area contributed by atoms with Gasteiger partial charge in [-0.2, -0.15) is 4.98 Å². The second-order valence-corrected chi connectivity index (χ2v) is 13.7. The van der Waals surface area contributed by atoms with E-state index >= 15 is 0 Å². The van der Waals surface area contributed by atoms with E-state index in [1.807, 2.05) is 30.1 Å². The number of aromatic nitrogens is 4. The first-order chi connectivity index (χ1) is 17.9. The van der Waals surface area contributed by atoms with Crippen molar-refractivity contribution in [2.24, 2.45) is 7.05 Å². The van der Waals surface area contributed by atoms with Crippen LogP contribution in [0, 0.1) is 6.92 Å².